The van der Waals surface area contributed by atoms with E-state index in [0.717, 1.165) is 22.4 Å². The molecule has 2 aromatic heterocycles. The number of pyridine rings is 2. The van der Waals surface area contributed by atoms with E-state index in [0.29, 0.717) is 11.7 Å². The van der Waals surface area contributed by atoms with Crippen LogP contribution >= 0.6 is 0 Å². The Bertz CT molecular complexity index is 711. The van der Waals surface area contributed by atoms with Crippen molar-refractivity contribution in [2.75, 3.05) is 10.6 Å². The summed E-state index contributed by atoms with van der Waals surface area (Å²) in [5.41, 5.74) is 0.411. The third-order valence-corrected chi connectivity index (χ3v) is 3.96. The number of nitrogens with zero attached hydrogens (tertiary/aromatic N) is 3. The van der Waals surface area contributed by atoms with E-state index in [1.165, 1.54) is 25.7 Å². The average molecular weight is 295 g/mol. The van der Waals surface area contributed by atoms with Crippen LogP contribution in [0.15, 0.2) is 18.3 Å². The summed E-state index contributed by atoms with van der Waals surface area (Å²) < 4.78 is 0. The zero-order chi connectivity index (χ0) is 15.5. The zero-order valence-electron chi connectivity index (χ0n) is 13.1. The van der Waals surface area contributed by atoms with Gasteiger partial charge in [-0.3, -0.25) is 0 Å². The van der Waals surface area contributed by atoms with Gasteiger partial charge in [0.15, 0.2) is 0 Å². The van der Waals surface area contributed by atoms with Crippen LogP contribution < -0.4 is 10.6 Å². The SMILES string of the molecule is CC(C)Nc1nc(C#N)cc2cnc(NC3CCCC3)cc12. The van der Waals surface area contributed by atoms with Gasteiger partial charge in [0, 0.05) is 29.1 Å². The van der Waals surface area contributed by atoms with Crippen molar-refractivity contribution in [1.82, 2.24) is 9.97 Å². The summed E-state index contributed by atoms with van der Waals surface area (Å²) in [4.78, 5) is 8.89. The lowest BCUT2D eigenvalue weighted by Crippen LogP contribution is -2.16. The molecule has 1 fully saturated rings. The van der Waals surface area contributed by atoms with Crippen LogP contribution in [0, 0.1) is 11.3 Å². The van der Waals surface area contributed by atoms with Crippen LogP contribution in [-0.4, -0.2) is 22.1 Å². The lowest BCUT2D eigenvalue weighted by molar-refractivity contribution is 0.751. The van der Waals surface area contributed by atoms with Gasteiger partial charge >= 0.3 is 0 Å². The first-order chi connectivity index (χ1) is 10.7. The minimum Gasteiger partial charge on any atom is -0.367 e. The second-order valence-corrected chi connectivity index (χ2v) is 6.18. The molecular weight excluding hydrogens is 274 g/mol. The largest absolute Gasteiger partial charge is 0.367 e. The Kier molecular flexibility index (Phi) is 4.10. The number of nitriles is 1. The minimum absolute atomic E-state index is 0.254. The molecule has 0 aliphatic heterocycles. The molecule has 114 valence electrons. The first-order valence-corrected chi connectivity index (χ1v) is 7.89. The predicted molar refractivity (Wildman–Crippen MR) is 88.9 cm³/mol. The topological polar surface area (TPSA) is 73.6 Å². The minimum atomic E-state index is 0.254. The summed E-state index contributed by atoms with van der Waals surface area (Å²) in [5, 5.41) is 17.9. The molecule has 0 radical (unpaired) electrons. The predicted octanol–water partition coefficient (Wildman–Crippen LogP) is 3.68. The second kappa shape index (κ2) is 6.18. The number of rotatable bonds is 4. The number of fused-ring (bicyclic) bond motifs is 1. The molecule has 2 heterocycles. The Morgan fingerprint density at radius 3 is 2.73 bits per heavy atom. The molecule has 0 aromatic carbocycles. The molecule has 2 aromatic rings. The van der Waals surface area contributed by atoms with Crippen LogP contribution in [-0.2, 0) is 0 Å². The van der Waals surface area contributed by atoms with Gasteiger partial charge in [-0.15, -0.1) is 0 Å². The maximum atomic E-state index is 9.13. The molecule has 5 heteroatoms. The van der Waals surface area contributed by atoms with Crippen molar-refractivity contribution in [2.24, 2.45) is 0 Å². The van der Waals surface area contributed by atoms with E-state index >= 15 is 0 Å². The zero-order valence-corrected chi connectivity index (χ0v) is 13.1. The van der Waals surface area contributed by atoms with Gasteiger partial charge in [-0.1, -0.05) is 12.8 Å². The molecule has 3 rings (SSSR count). The summed E-state index contributed by atoms with van der Waals surface area (Å²) in [6.07, 6.45) is 6.82. The maximum Gasteiger partial charge on any atom is 0.143 e. The number of hydrogen-bond donors (Lipinski definition) is 2. The Morgan fingerprint density at radius 2 is 2.05 bits per heavy atom. The highest BCUT2D eigenvalue weighted by Crippen LogP contribution is 2.27. The monoisotopic (exact) mass is 295 g/mol. The molecule has 1 aliphatic rings. The fraction of sp³-hybridized carbons (Fsp3) is 0.471. The number of aromatic nitrogens is 2. The lowest BCUT2D eigenvalue weighted by Gasteiger charge is -2.15. The van der Waals surface area contributed by atoms with Crippen molar-refractivity contribution in [3.63, 3.8) is 0 Å². The van der Waals surface area contributed by atoms with Gasteiger partial charge in [0.2, 0.25) is 0 Å². The highest BCUT2D eigenvalue weighted by Gasteiger charge is 2.16. The van der Waals surface area contributed by atoms with Crippen LogP contribution in [0.3, 0.4) is 0 Å². The molecule has 0 atom stereocenters. The summed E-state index contributed by atoms with van der Waals surface area (Å²) in [6.45, 7) is 4.12. The van der Waals surface area contributed by atoms with E-state index in [4.69, 9.17) is 5.26 Å². The highest BCUT2D eigenvalue weighted by atomic mass is 15.0. The third kappa shape index (κ3) is 3.11. The van der Waals surface area contributed by atoms with E-state index in [9.17, 15) is 0 Å². The Hall–Kier alpha value is -2.35. The van der Waals surface area contributed by atoms with E-state index in [1.807, 2.05) is 12.3 Å². The van der Waals surface area contributed by atoms with Gasteiger partial charge in [0.25, 0.3) is 0 Å². The Morgan fingerprint density at radius 1 is 1.27 bits per heavy atom. The normalized spacial score (nSPS) is 15.2. The van der Waals surface area contributed by atoms with Gasteiger partial charge < -0.3 is 10.6 Å². The van der Waals surface area contributed by atoms with Gasteiger partial charge in [0.05, 0.1) is 0 Å². The standard InChI is InChI=1S/C17H21N5/c1-11(2)20-17-15-8-16(21-13-5-3-4-6-13)19-10-12(15)7-14(9-18)22-17/h7-8,10-11,13H,3-6H2,1-2H3,(H,19,21)(H,20,22). The fourth-order valence-electron chi connectivity index (χ4n) is 2.95. The van der Waals surface area contributed by atoms with E-state index in [1.54, 1.807) is 6.07 Å². The smallest absolute Gasteiger partial charge is 0.143 e. The van der Waals surface area contributed by atoms with Gasteiger partial charge in [-0.2, -0.15) is 5.26 Å². The van der Waals surface area contributed by atoms with Crippen molar-refractivity contribution in [2.45, 2.75) is 51.6 Å². The highest BCUT2D eigenvalue weighted by molar-refractivity contribution is 5.93. The van der Waals surface area contributed by atoms with Gasteiger partial charge in [-0.05, 0) is 38.8 Å². The molecule has 1 aliphatic carbocycles. The molecule has 2 N–H and O–H groups in total. The van der Waals surface area contributed by atoms with Crippen molar-refractivity contribution in [3.8, 4) is 6.07 Å². The van der Waals surface area contributed by atoms with Gasteiger partial charge in [-0.25, -0.2) is 9.97 Å². The molecule has 0 saturated heterocycles. The first-order valence-electron chi connectivity index (χ1n) is 7.89. The van der Waals surface area contributed by atoms with E-state index in [2.05, 4.69) is 40.5 Å². The van der Waals surface area contributed by atoms with Crippen LogP contribution in [0.4, 0.5) is 11.6 Å². The number of nitrogens with one attached hydrogen (secondary N) is 2. The van der Waals surface area contributed by atoms with Gasteiger partial charge in [0.1, 0.15) is 23.4 Å². The van der Waals surface area contributed by atoms with E-state index in [-0.39, 0.29) is 6.04 Å². The second-order valence-electron chi connectivity index (χ2n) is 6.18. The number of hydrogen-bond acceptors (Lipinski definition) is 5. The fourth-order valence-corrected chi connectivity index (χ4v) is 2.95. The molecule has 0 bridgehead atoms. The van der Waals surface area contributed by atoms with Crippen molar-refractivity contribution in [1.29, 1.82) is 5.26 Å². The van der Waals surface area contributed by atoms with Crippen molar-refractivity contribution < 1.29 is 0 Å². The number of anilines is 2. The van der Waals surface area contributed by atoms with Crippen LogP contribution in [0.25, 0.3) is 10.8 Å². The lowest BCUT2D eigenvalue weighted by atomic mass is 10.1. The molecule has 0 amide bonds. The maximum absolute atomic E-state index is 9.13. The molecule has 1 saturated carbocycles. The molecular formula is C17H21N5. The first kappa shape index (κ1) is 14.6. The molecule has 0 unspecified atom stereocenters. The summed E-state index contributed by atoms with van der Waals surface area (Å²) in [7, 11) is 0. The Labute approximate surface area is 130 Å². The summed E-state index contributed by atoms with van der Waals surface area (Å²) in [5.74, 6) is 1.64. The molecule has 22 heavy (non-hydrogen) atoms. The Balaban J connectivity index is 1.99. The third-order valence-electron chi connectivity index (χ3n) is 3.96. The van der Waals surface area contributed by atoms with Crippen LogP contribution in [0.2, 0.25) is 0 Å². The van der Waals surface area contributed by atoms with Crippen molar-refractivity contribution in [3.05, 3.63) is 24.0 Å². The van der Waals surface area contributed by atoms with Crippen LogP contribution in [0.5, 0.6) is 0 Å². The van der Waals surface area contributed by atoms with E-state index < -0.39 is 0 Å². The quantitative estimate of drug-likeness (QED) is 0.900. The van der Waals surface area contributed by atoms with Crippen LogP contribution in [0.1, 0.15) is 45.2 Å². The molecule has 0 spiro atoms. The van der Waals surface area contributed by atoms with Crippen molar-refractivity contribution >= 4 is 22.4 Å². The average Bonchev–Trinajstić information content (AvgIpc) is 3.00. The summed E-state index contributed by atoms with van der Waals surface area (Å²) >= 11 is 0. The molecule has 5 nitrogen and oxygen atoms in total. The summed E-state index contributed by atoms with van der Waals surface area (Å²) in [6, 6.07) is 6.71.